The molecule has 0 radical (unpaired) electrons. The first-order valence-electron chi connectivity index (χ1n) is 5.08. The van der Waals surface area contributed by atoms with Crippen LogP contribution >= 0.6 is 15.9 Å². The normalized spacial score (nSPS) is 10.1. The Labute approximate surface area is 112 Å². The van der Waals surface area contributed by atoms with Crippen molar-refractivity contribution >= 4 is 33.2 Å². The molecule has 0 atom stereocenters. The van der Waals surface area contributed by atoms with Gasteiger partial charge < -0.3 is 16.2 Å². The van der Waals surface area contributed by atoms with Crippen LogP contribution in [0, 0.1) is 0 Å². The van der Waals surface area contributed by atoms with Gasteiger partial charge in [0.15, 0.2) is 5.75 Å². The van der Waals surface area contributed by atoms with Crippen molar-refractivity contribution in [2.45, 2.75) is 0 Å². The summed E-state index contributed by atoms with van der Waals surface area (Å²) in [6, 6.07) is 8.01. The number of nitrogen functional groups attached to an aromatic ring is 1. The molecular weight excluding hydrogens is 298 g/mol. The topological polar surface area (TPSA) is 88.2 Å². The minimum absolute atomic E-state index is 0.123. The number of amides is 1. The number of halogens is 1. The number of nitrogens with one attached hydrogen (secondary N) is 1. The van der Waals surface area contributed by atoms with Gasteiger partial charge in [-0.05, 0) is 40.2 Å². The number of hydrogen-bond acceptors (Lipinski definition) is 4. The number of carbonyl (C=O) groups excluding carboxylic acids is 1. The highest BCUT2D eigenvalue weighted by Crippen LogP contribution is 2.25. The van der Waals surface area contributed by atoms with Gasteiger partial charge in [-0.15, -0.1) is 0 Å². The number of benzene rings is 1. The highest BCUT2D eigenvalue weighted by molar-refractivity contribution is 9.10. The number of para-hydroxylation sites is 1. The molecule has 0 aliphatic carbocycles. The first kappa shape index (κ1) is 12.4. The van der Waals surface area contributed by atoms with E-state index in [-0.39, 0.29) is 17.0 Å². The van der Waals surface area contributed by atoms with Gasteiger partial charge >= 0.3 is 0 Å². The van der Waals surface area contributed by atoms with Gasteiger partial charge in [0.05, 0.1) is 23.1 Å². The lowest BCUT2D eigenvalue weighted by atomic mass is 10.1. The second kappa shape index (κ2) is 5.05. The molecule has 2 aromatic rings. The van der Waals surface area contributed by atoms with Crippen molar-refractivity contribution in [2.75, 3.05) is 11.1 Å². The number of nitrogens with two attached hydrogens (primary N) is 1. The third kappa shape index (κ3) is 2.60. The average Bonchev–Trinajstić information content (AvgIpc) is 2.35. The number of hydrogen-bond donors (Lipinski definition) is 3. The van der Waals surface area contributed by atoms with E-state index < -0.39 is 5.91 Å². The van der Waals surface area contributed by atoms with Crippen molar-refractivity contribution in [3.05, 3.63) is 46.7 Å². The van der Waals surface area contributed by atoms with Gasteiger partial charge in [-0.2, -0.15) is 0 Å². The Bertz CT molecular complexity index is 584. The Morgan fingerprint density at radius 3 is 2.78 bits per heavy atom. The first-order chi connectivity index (χ1) is 8.58. The lowest BCUT2D eigenvalue weighted by Crippen LogP contribution is -2.12. The van der Waals surface area contributed by atoms with Crippen molar-refractivity contribution in [1.29, 1.82) is 0 Å². The van der Waals surface area contributed by atoms with Gasteiger partial charge in [-0.25, -0.2) is 4.98 Å². The van der Waals surface area contributed by atoms with Crippen LogP contribution in [0.25, 0.3) is 0 Å². The summed E-state index contributed by atoms with van der Waals surface area (Å²) >= 11 is 3.20. The van der Waals surface area contributed by atoms with E-state index in [9.17, 15) is 9.90 Å². The third-order valence-corrected chi connectivity index (χ3v) is 2.77. The molecule has 0 saturated carbocycles. The predicted molar refractivity (Wildman–Crippen MR) is 72.4 cm³/mol. The van der Waals surface area contributed by atoms with Crippen LogP contribution in [0.3, 0.4) is 0 Å². The van der Waals surface area contributed by atoms with E-state index in [4.69, 9.17) is 5.73 Å². The molecule has 6 heteroatoms. The van der Waals surface area contributed by atoms with Crippen molar-refractivity contribution in [3.63, 3.8) is 0 Å². The molecule has 0 saturated heterocycles. The number of nitrogens with zero attached hydrogens (tertiary/aromatic N) is 1. The molecule has 4 N–H and O–H groups in total. The second-order valence-corrected chi connectivity index (χ2v) is 4.38. The quantitative estimate of drug-likeness (QED) is 0.451. The maximum atomic E-state index is 11.9. The molecule has 2 rings (SSSR count). The van der Waals surface area contributed by atoms with Crippen LogP contribution in [0.4, 0.5) is 11.4 Å². The number of phenolic OH excluding ortho intramolecular Hbond substituents is 1. The van der Waals surface area contributed by atoms with Crippen LogP contribution < -0.4 is 11.1 Å². The second-order valence-electron chi connectivity index (χ2n) is 3.57. The maximum absolute atomic E-state index is 11.9. The molecule has 1 heterocycles. The molecule has 1 amide bonds. The van der Waals surface area contributed by atoms with Crippen molar-refractivity contribution in [2.24, 2.45) is 0 Å². The molecule has 0 unspecified atom stereocenters. The Kier molecular flexibility index (Phi) is 3.47. The number of aromatic nitrogens is 1. The molecule has 0 spiro atoms. The molecule has 0 bridgehead atoms. The summed E-state index contributed by atoms with van der Waals surface area (Å²) in [5, 5.41) is 12.3. The summed E-state index contributed by atoms with van der Waals surface area (Å²) in [5.74, 6) is -0.663. The van der Waals surface area contributed by atoms with Crippen molar-refractivity contribution in [3.8, 4) is 5.75 Å². The minimum Gasteiger partial charge on any atom is -0.505 e. The van der Waals surface area contributed by atoms with E-state index in [2.05, 4.69) is 26.2 Å². The van der Waals surface area contributed by atoms with Gasteiger partial charge in [0.1, 0.15) is 4.60 Å². The number of rotatable bonds is 2. The fourth-order valence-electron chi connectivity index (χ4n) is 1.39. The number of aromatic hydroxyl groups is 1. The summed E-state index contributed by atoms with van der Waals surface area (Å²) in [5.41, 5.74) is 6.34. The van der Waals surface area contributed by atoms with E-state index in [0.717, 1.165) is 0 Å². The monoisotopic (exact) mass is 307 g/mol. The predicted octanol–water partition coefficient (Wildman–Crippen LogP) is 2.38. The summed E-state index contributed by atoms with van der Waals surface area (Å²) in [6.07, 6.45) is 1.51. The molecule has 18 heavy (non-hydrogen) atoms. The number of carbonyl (C=O) groups is 1. The lowest BCUT2D eigenvalue weighted by molar-refractivity contribution is 0.102. The van der Waals surface area contributed by atoms with Gasteiger partial charge in [0.2, 0.25) is 0 Å². The summed E-state index contributed by atoms with van der Waals surface area (Å²) in [6.45, 7) is 0. The van der Waals surface area contributed by atoms with Crippen molar-refractivity contribution < 1.29 is 9.90 Å². The first-order valence-corrected chi connectivity index (χ1v) is 5.87. The molecular formula is C12H10BrN3O2. The third-order valence-electron chi connectivity index (χ3n) is 2.30. The van der Waals surface area contributed by atoms with Gasteiger partial charge in [0, 0.05) is 0 Å². The Balaban J connectivity index is 2.22. The van der Waals surface area contributed by atoms with Gasteiger partial charge in [-0.3, -0.25) is 4.79 Å². The molecule has 1 aromatic carbocycles. The number of phenols is 1. The molecule has 0 aliphatic heterocycles. The smallest absolute Gasteiger partial charge is 0.259 e. The Morgan fingerprint density at radius 2 is 2.11 bits per heavy atom. The van der Waals surface area contributed by atoms with E-state index in [1.54, 1.807) is 18.2 Å². The fraction of sp³-hybridized carbons (Fsp3) is 0. The summed E-state index contributed by atoms with van der Waals surface area (Å²) < 4.78 is 0.673. The molecule has 0 fully saturated rings. The summed E-state index contributed by atoms with van der Waals surface area (Å²) in [4.78, 5) is 15.9. The van der Waals surface area contributed by atoms with Crippen LogP contribution in [0.1, 0.15) is 10.4 Å². The molecule has 0 aliphatic rings. The molecule has 5 nitrogen and oxygen atoms in total. The largest absolute Gasteiger partial charge is 0.505 e. The molecule has 92 valence electrons. The lowest BCUT2D eigenvalue weighted by Gasteiger charge is -2.07. The zero-order chi connectivity index (χ0) is 13.1. The Hall–Kier alpha value is -2.08. The van der Waals surface area contributed by atoms with Gasteiger partial charge in [0.25, 0.3) is 5.91 Å². The minimum atomic E-state index is -0.441. The van der Waals surface area contributed by atoms with Crippen LogP contribution in [-0.2, 0) is 0 Å². The van der Waals surface area contributed by atoms with Crippen LogP contribution in [0.5, 0.6) is 5.75 Å². The van der Waals surface area contributed by atoms with E-state index in [0.29, 0.717) is 10.3 Å². The Morgan fingerprint density at radius 1 is 1.33 bits per heavy atom. The van der Waals surface area contributed by atoms with E-state index in [1.165, 1.54) is 18.3 Å². The van der Waals surface area contributed by atoms with E-state index >= 15 is 0 Å². The standard InChI is InChI=1S/C12H10BrN3O2/c13-10-5-4-7(6-15-10)16-12(18)8-2-1-3-9(14)11(8)17/h1-6,17H,14H2,(H,16,18). The van der Waals surface area contributed by atoms with Crippen LogP contribution in [0.2, 0.25) is 0 Å². The highest BCUT2D eigenvalue weighted by atomic mass is 79.9. The number of pyridine rings is 1. The fourth-order valence-corrected chi connectivity index (χ4v) is 1.63. The summed E-state index contributed by atoms with van der Waals surface area (Å²) in [7, 11) is 0. The zero-order valence-corrected chi connectivity index (χ0v) is 10.8. The average molecular weight is 308 g/mol. The van der Waals surface area contributed by atoms with E-state index in [1.807, 2.05) is 0 Å². The SMILES string of the molecule is Nc1cccc(C(=O)Nc2ccc(Br)nc2)c1O. The van der Waals surface area contributed by atoms with Crippen LogP contribution in [0.15, 0.2) is 41.1 Å². The number of anilines is 2. The van der Waals surface area contributed by atoms with Crippen molar-refractivity contribution in [1.82, 2.24) is 4.98 Å². The molecule has 1 aromatic heterocycles. The zero-order valence-electron chi connectivity index (χ0n) is 9.22. The van der Waals surface area contributed by atoms with Crippen LogP contribution in [-0.4, -0.2) is 16.0 Å². The van der Waals surface area contributed by atoms with Gasteiger partial charge in [-0.1, -0.05) is 6.07 Å². The highest BCUT2D eigenvalue weighted by Gasteiger charge is 2.13. The maximum Gasteiger partial charge on any atom is 0.259 e.